The molecule has 0 atom stereocenters. The maximum absolute atomic E-state index is 6.60. The van der Waals surface area contributed by atoms with Crippen LogP contribution in [0.1, 0.15) is 0 Å². The van der Waals surface area contributed by atoms with Gasteiger partial charge in [-0.2, -0.15) is 0 Å². The maximum atomic E-state index is 6.60. The summed E-state index contributed by atoms with van der Waals surface area (Å²) in [5.41, 5.74) is 9.65. The van der Waals surface area contributed by atoms with Crippen LogP contribution >= 0.6 is 0 Å². The van der Waals surface area contributed by atoms with Crippen molar-refractivity contribution in [1.82, 2.24) is 4.98 Å². The standard InChI is InChI=1S/C45H28N2O2/c1-2-12-33(13-3-1)47(34-25-22-30(23-26-34)37-17-9-18-39-38-16-6-7-19-41(38)48-43(37)39)35-14-8-11-32(28-35)45-46-40-27-24-31-21-20-29-10-4-5-15-36(29)42(31)44(40)49-45/h1-28H. The first-order chi connectivity index (χ1) is 24.3. The van der Waals surface area contributed by atoms with Crippen LogP contribution in [0.4, 0.5) is 17.1 Å². The fourth-order valence-electron chi connectivity index (χ4n) is 7.16. The van der Waals surface area contributed by atoms with E-state index in [-0.39, 0.29) is 0 Å². The molecule has 2 aromatic heterocycles. The van der Waals surface area contributed by atoms with Crippen LogP contribution in [-0.4, -0.2) is 4.98 Å². The lowest BCUT2D eigenvalue weighted by molar-refractivity contribution is 0.623. The molecule has 49 heavy (non-hydrogen) atoms. The Morgan fingerprint density at radius 1 is 0.429 bits per heavy atom. The zero-order valence-electron chi connectivity index (χ0n) is 26.4. The van der Waals surface area contributed by atoms with Crippen molar-refractivity contribution in [1.29, 1.82) is 0 Å². The number of para-hydroxylation sites is 3. The highest BCUT2D eigenvalue weighted by Crippen LogP contribution is 2.41. The molecule has 8 aromatic carbocycles. The van der Waals surface area contributed by atoms with Crippen LogP contribution in [0.15, 0.2) is 179 Å². The molecule has 0 amide bonds. The van der Waals surface area contributed by atoms with Gasteiger partial charge in [-0.1, -0.05) is 115 Å². The Balaban J connectivity index is 1.07. The summed E-state index contributed by atoms with van der Waals surface area (Å²) in [4.78, 5) is 7.24. The predicted molar refractivity (Wildman–Crippen MR) is 202 cm³/mol. The molecule has 0 bridgehead atoms. The van der Waals surface area contributed by atoms with Crippen molar-refractivity contribution in [2.24, 2.45) is 0 Å². The van der Waals surface area contributed by atoms with E-state index in [9.17, 15) is 0 Å². The summed E-state index contributed by atoms with van der Waals surface area (Å²) in [6, 6.07) is 59.1. The maximum Gasteiger partial charge on any atom is 0.227 e. The van der Waals surface area contributed by atoms with Crippen LogP contribution in [0, 0.1) is 0 Å². The Morgan fingerprint density at radius 2 is 1.12 bits per heavy atom. The molecule has 10 rings (SSSR count). The summed E-state index contributed by atoms with van der Waals surface area (Å²) in [6.07, 6.45) is 0. The van der Waals surface area contributed by atoms with E-state index < -0.39 is 0 Å². The monoisotopic (exact) mass is 628 g/mol. The van der Waals surface area contributed by atoms with Crippen molar-refractivity contribution in [2.45, 2.75) is 0 Å². The fraction of sp³-hybridized carbons (Fsp3) is 0. The van der Waals surface area contributed by atoms with Crippen LogP contribution in [-0.2, 0) is 0 Å². The Bertz CT molecular complexity index is 2830. The zero-order valence-corrected chi connectivity index (χ0v) is 26.4. The third kappa shape index (κ3) is 4.49. The van der Waals surface area contributed by atoms with Crippen LogP contribution in [0.3, 0.4) is 0 Å². The molecule has 0 unspecified atom stereocenters. The van der Waals surface area contributed by atoms with Gasteiger partial charge in [-0.15, -0.1) is 0 Å². The van der Waals surface area contributed by atoms with E-state index in [1.807, 2.05) is 24.3 Å². The van der Waals surface area contributed by atoms with Crippen molar-refractivity contribution >= 4 is 71.6 Å². The number of rotatable bonds is 5. The highest BCUT2D eigenvalue weighted by Gasteiger charge is 2.18. The van der Waals surface area contributed by atoms with Crippen molar-refractivity contribution in [2.75, 3.05) is 4.90 Å². The van der Waals surface area contributed by atoms with Gasteiger partial charge in [0.05, 0.1) is 0 Å². The number of anilines is 3. The highest BCUT2D eigenvalue weighted by molar-refractivity contribution is 6.18. The Kier molecular flexibility index (Phi) is 6.15. The highest BCUT2D eigenvalue weighted by atomic mass is 16.3. The average molecular weight is 629 g/mol. The Morgan fingerprint density at radius 3 is 2.02 bits per heavy atom. The van der Waals surface area contributed by atoms with E-state index in [4.69, 9.17) is 13.8 Å². The number of benzene rings is 8. The smallest absolute Gasteiger partial charge is 0.227 e. The van der Waals surface area contributed by atoms with Gasteiger partial charge >= 0.3 is 0 Å². The number of nitrogens with zero attached hydrogens (tertiary/aromatic N) is 2. The molecular weight excluding hydrogens is 601 g/mol. The molecule has 2 heterocycles. The summed E-state index contributed by atoms with van der Waals surface area (Å²) in [5, 5.41) is 6.83. The molecule has 0 aliphatic rings. The number of furan rings is 1. The zero-order chi connectivity index (χ0) is 32.3. The van der Waals surface area contributed by atoms with E-state index in [0.29, 0.717) is 5.89 Å². The van der Waals surface area contributed by atoms with Gasteiger partial charge in [0, 0.05) is 44.3 Å². The van der Waals surface area contributed by atoms with Gasteiger partial charge < -0.3 is 13.7 Å². The van der Waals surface area contributed by atoms with Gasteiger partial charge in [-0.05, 0) is 76.3 Å². The van der Waals surface area contributed by atoms with Gasteiger partial charge in [-0.25, -0.2) is 4.98 Å². The van der Waals surface area contributed by atoms with Gasteiger partial charge in [0.2, 0.25) is 5.89 Å². The summed E-state index contributed by atoms with van der Waals surface area (Å²) in [5.74, 6) is 0.597. The second-order valence-electron chi connectivity index (χ2n) is 12.4. The van der Waals surface area contributed by atoms with Gasteiger partial charge in [-0.3, -0.25) is 0 Å². The number of hydrogen-bond acceptors (Lipinski definition) is 4. The number of fused-ring (bicyclic) bond motifs is 8. The summed E-state index contributed by atoms with van der Waals surface area (Å²) >= 11 is 0. The molecule has 4 nitrogen and oxygen atoms in total. The quantitative estimate of drug-likeness (QED) is 0.178. The molecule has 230 valence electrons. The first-order valence-corrected chi connectivity index (χ1v) is 16.5. The molecule has 0 saturated carbocycles. The van der Waals surface area contributed by atoms with E-state index in [1.54, 1.807) is 0 Å². The predicted octanol–water partition coefficient (Wildman–Crippen LogP) is 12.8. The van der Waals surface area contributed by atoms with Crippen molar-refractivity contribution < 1.29 is 8.83 Å². The SMILES string of the molecule is c1ccc(N(c2ccc(-c3cccc4c3oc3ccccc34)cc2)c2cccc(-c3nc4ccc5ccc6ccccc6c5c4o3)c2)cc1. The molecule has 0 radical (unpaired) electrons. The van der Waals surface area contributed by atoms with Gasteiger partial charge in [0.1, 0.15) is 16.7 Å². The number of hydrogen-bond donors (Lipinski definition) is 0. The first kappa shape index (κ1) is 27.5. The topological polar surface area (TPSA) is 42.4 Å². The van der Waals surface area contributed by atoms with Gasteiger partial charge in [0.25, 0.3) is 0 Å². The normalized spacial score (nSPS) is 11.7. The number of oxazole rings is 1. The molecule has 0 fully saturated rings. The minimum absolute atomic E-state index is 0.597. The van der Waals surface area contributed by atoms with Crippen LogP contribution in [0.25, 0.3) is 77.2 Å². The average Bonchev–Trinajstić information content (AvgIpc) is 3.78. The number of aromatic nitrogens is 1. The van der Waals surface area contributed by atoms with E-state index in [2.05, 4.69) is 150 Å². The second-order valence-corrected chi connectivity index (χ2v) is 12.4. The Labute approximate surface area is 282 Å². The molecule has 4 heteroatoms. The molecular formula is C45H28N2O2. The van der Waals surface area contributed by atoms with Crippen LogP contribution in [0.2, 0.25) is 0 Å². The third-order valence-corrected chi connectivity index (χ3v) is 9.47. The largest absolute Gasteiger partial charge is 0.455 e. The van der Waals surface area contributed by atoms with Crippen molar-refractivity contribution in [3.63, 3.8) is 0 Å². The fourth-order valence-corrected chi connectivity index (χ4v) is 7.16. The Hall–Kier alpha value is -6.65. The molecule has 10 aromatic rings. The van der Waals surface area contributed by atoms with Crippen molar-refractivity contribution in [3.05, 3.63) is 170 Å². The molecule has 0 N–H and O–H groups in total. The second kappa shape index (κ2) is 11.0. The lowest BCUT2D eigenvalue weighted by Gasteiger charge is -2.26. The lowest BCUT2D eigenvalue weighted by Crippen LogP contribution is -2.09. The van der Waals surface area contributed by atoms with E-state index in [1.165, 1.54) is 5.39 Å². The third-order valence-electron chi connectivity index (χ3n) is 9.47. The van der Waals surface area contributed by atoms with Crippen LogP contribution in [0.5, 0.6) is 0 Å². The van der Waals surface area contributed by atoms with Gasteiger partial charge in [0.15, 0.2) is 5.58 Å². The minimum Gasteiger partial charge on any atom is -0.455 e. The molecule has 0 spiro atoms. The molecule has 0 aliphatic heterocycles. The summed E-state index contributed by atoms with van der Waals surface area (Å²) in [7, 11) is 0. The van der Waals surface area contributed by atoms with Crippen LogP contribution < -0.4 is 4.90 Å². The van der Waals surface area contributed by atoms with Crippen molar-refractivity contribution in [3.8, 4) is 22.6 Å². The lowest BCUT2D eigenvalue weighted by atomic mass is 10.0. The molecule has 0 saturated heterocycles. The van der Waals surface area contributed by atoms with E-state index in [0.717, 1.165) is 82.9 Å². The summed E-state index contributed by atoms with van der Waals surface area (Å²) < 4.78 is 13.0. The molecule has 0 aliphatic carbocycles. The summed E-state index contributed by atoms with van der Waals surface area (Å²) in [6.45, 7) is 0. The first-order valence-electron chi connectivity index (χ1n) is 16.5. The minimum atomic E-state index is 0.597. The van der Waals surface area contributed by atoms with E-state index >= 15 is 0 Å².